The summed E-state index contributed by atoms with van der Waals surface area (Å²) in [7, 11) is 0. The van der Waals surface area contributed by atoms with Crippen molar-refractivity contribution in [2.24, 2.45) is 11.8 Å². The van der Waals surface area contributed by atoms with E-state index in [0.717, 1.165) is 0 Å². The molecule has 8 heavy (non-hydrogen) atoms. The van der Waals surface area contributed by atoms with Crippen LogP contribution in [-0.4, -0.2) is 11.2 Å². The van der Waals surface area contributed by atoms with Crippen molar-refractivity contribution in [3.8, 4) is 0 Å². The Morgan fingerprint density at radius 1 is 1.25 bits per heavy atom. The first kappa shape index (κ1) is 5.83. The highest BCUT2D eigenvalue weighted by molar-refractivity contribution is 5.04. The molecule has 0 saturated carbocycles. The standard InChI is InChI=1S/C7H12O/c1-5-3-4-7(8)6(5)2/h3-8H,1-2H3. The van der Waals surface area contributed by atoms with Crippen molar-refractivity contribution in [1.82, 2.24) is 0 Å². The van der Waals surface area contributed by atoms with Gasteiger partial charge in [-0.05, 0) is 11.8 Å². The molecule has 3 unspecified atom stereocenters. The van der Waals surface area contributed by atoms with Crippen LogP contribution in [0.2, 0.25) is 0 Å². The van der Waals surface area contributed by atoms with E-state index in [2.05, 4.69) is 19.9 Å². The topological polar surface area (TPSA) is 20.2 Å². The van der Waals surface area contributed by atoms with Crippen molar-refractivity contribution in [3.63, 3.8) is 0 Å². The first-order valence-electron chi connectivity index (χ1n) is 3.08. The second-order valence-corrected chi connectivity index (χ2v) is 2.59. The summed E-state index contributed by atoms with van der Waals surface area (Å²) in [6, 6.07) is 0. The molecule has 0 radical (unpaired) electrons. The number of aliphatic hydroxyl groups is 1. The fourth-order valence-electron chi connectivity index (χ4n) is 0.951. The Hall–Kier alpha value is -0.300. The fourth-order valence-corrected chi connectivity index (χ4v) is 0.951. The molecule has 1 rings (SSSR count). The van der Waals surface area contributed by atoms with Crippen LogP contribution < -0.4 is 0 Å². The summed E-state index contributed by atoms with van der Waals surface area (Å²) in [6.45, 7) is 4.19. The molecule has 0 heterocycles. The molecule has 0 aromatic carbocycles. The first-order valence-corrected chi connectivity index (χ1v) is 3.08. The lowest BCUT2D eigenvalue weighted by Crippen LogP contribution is -2.13. The molecule has 0 amide bonds. The molecule has 0 saturated heterocycles. The van der Waals surface area contributed by atoms with Crippen LogP contribution in [0.15, 0.2) is 12.2 Å². The monoisotopic (exact) mass is 112 g/mol. The molecule has 3 atom stereocenters. The van der Waals surface area contributed by atoms with Gasteiger partial charge in [-0.2, -0.15) is 0 Å². The molecule has 1 N–H and O–H groups in total. The van der Waals surface area contributed by atoms with E-state index < -0.39 is 0 Å². The zero-order valence-electron chi connectivity index (χ0n) is 5.33. The average Bonchev–Trinajstić information content (AvgIpc) is 1.98. The molecule has 1 aliphatic rings. The van der Waals surface area contributed by atoms with Crippen LogP contribution in [0.1, 0.15) is 13.8 Å². The lowest BCUT2D eigenvalue weighted by Gasteiger charge is -2.11. The van der Waals surface area contributed by atoms with Crippen LogP contribution in [-0.2, 0) is 0 Å². The highest BCUT2D eigenvalue weighted by atomic mass is 16.3. The number of hydrogen-bond donors (Lipinski definition) is 1. The van der Waals surface area contributed by atoms with Crippen LogP contribution in [0.25, 0.3) is 0 Å². The lowest BCUT2D eigenvalue weighted by molar-refractivity contribution is 0.157. The molecule has 46 valence electrons. The Morgan fingerprint density at radius 3 is 2.00 bits per heavy atom. The predicted molar refractivity (Wildman–Crippen MR) is 33.5 cm³/mol. The van der Waals surface area contributed by atoms with E-state index in [9.17, 15) is 0 Å². The quantitative estimate of drug-likeness (QED) is 0.467. The van der Waals surface area contributed by atoms with Gasteiger partial charge in [0.05, 0.1) is 6.10 Å². The van der Waals surface area contributed by atoms with E-state index in [-0.39, 0.29) is 6.10 Å². The largest absolute Gasteiger partial charge is 0.389 e. The summed E-state index contributed by atoms with van der Waals surface area (Å²) >= 11 is 0. The Bertz CT molecular complexity index is 95.0. The minimum absolute atomic E-state index is 0.190. The molecule has 0 aliphatic heterocycles. The predicted octanol–water partition coefficient (Wildman–Crippen LogP) is 1.19. The van der Waals surface area contributed by atoms with Gasteiger partial charge < -0.3 is 5.11 Å². The van der Waals surface area contributed by atoms with E-state index in [1.165, 1.54) is 0 Å². The van der Waals surface area contributed by atoms with Gasteiger partial charge in [-0.3, -0.25) is 0 Å². The highest BCUT2D eigenvalue weighted by Crippen LogP contribution is 2.23. The molecule has 0 spiro atoms. The third-order valence-corrected chi connectivity index (χ3v) is 1.98. The van der Waals surface area contributed by atoms with E-state index in [1.807, 2.05) is 6.08 Å². The summed E-state index contributed by atoms with van der Waals surface area (Å²) in [5, 5.41) is 9.08. The smallest absolute Gasteiger partial charge is 0.0752 e. The Balaban J connectivity index is 2.55. The van der Waals surface area contributed by atoms with Crippen molar-refractivity contribution in [2.75, 3.05) is 0 Å². The van der Waals surface area contributed by atoms with E-state index >= 15 is 0 Å². The van der Waals surface area contributed by atoms with Crippen molar-refractivity contribution < 1.29 is 5.11 Å². The van der Waals surface area contributed by atoms with Crippen LogP contribution in [0, 0.1) is 11.8 Å². The third kappa shape index (κ3) is 0.781. The summed E-state index contributed by atoms with van der Waals surface area (Å²) in [6.07, 6.45) is 3.75. The van der Waals surface area contributed by atoms with Crippen LogP contribution in [0.4, 0.5) is 0 Å². The number of hydrogen-bond acceptors (Lipinski definition) is 1. The average molecular weight is 112 g/mol. The molecule has 1 aliphatic carbocycles. The minimum Gasteiger partial charge on any atom is -0.389 e. The maximum Gasteiger partial charge on any atom is 0.0752 e. The zero-order chi connectivity index (χ0) is 6.15. The van der Waals surface area contributed by atoms with Gasteiger partial charge in [0.15, 0.2) is 0 Å². The van der Waals surface area contributed by atoms with Crippen molar-refractivity contribution >= 4 is 0 Å². The third-order valence-electron chi connectivity index (χ3n) is 1.98. The van der Waals surface area contributed by atoms with Crippen molar-refractivity contribution in [2.45, 2.75) is 20.0 Å². The second kappa shape index (κ2) is 1.90. The van der Waals surface area contributed by atoms with E-state index in [0.29, 0.717) is 11.8 Å². The van der Waals surface area contributed by atoms with Crippen LogP contribution in [0.3, 0.4) is 0 Å². The molecule has 1 nitrogen and oxygen atoms in total. The van der Waals surface area contributed by atoms with Gasteiger partial charge in [0.1, 0.15) is 0 Å². The van der Waals surface area contributed by atoms with E-state index in [4.69, 9.17) is 5.11 Å². The molecule has 0 aromatic heterocycles. The normalized spacial score (nSPS) is 45.6. The van der Waals surface area contributed by atoms with Crippen molar-refractivity contribution in [1.29, 1.82) is 0 Å². The maximum atomic E-state index is 9.08. The van der Waals surface area contributed by atoms with Gasteiger partial charge in [0.25, 0.3) is 0 Å². The maximum absolute atomic E-state index is 9.08. The minimum atomic E-state index is -0.190. The van der Waals surface area contributed by atoms with Gasteiger partial charge >= 0.3 is 0 Å². The van der Waals surface area contributed by atoms with Gasteiger partial charge in [0, 0.05) is 0 Å². The molecule has 0 bridgehead atoms. The van der Waals surface area contributed by atoms with Gasteiger partial charge in [-0.15, -0.1) is 0 Å². The Morgan fingerprint density at radius 2 is 1.88 bits per heavy atom. The lowest BCUT2D eigenvalue weighted by atomic mass is 9.98. The molecular weight excluding hydrogens is 100 g/mol. The molecular formula is C7H12O. The summed E-state index contributed by atoms with van der Waals surface area (Å²) in [5.41, 5.74) is 0. The summed E-state index contributed by atoms with van der Waals surface area (Å²) < 4.78 is 0. The highest BCUT2D eigenvalue weighted by Gasteiger charge is 2.21. The molecule has 1 heteroatoms. The van der Waals surface area contributed by atoms with E-state index in [1.54, 1.807) is 0 Å². The molecule has 0 fully saturated rings. The number of rotatable bonds is 0. The number of aliphatic hydroxyl groups excluding tert-OH is 1. The summed E-state index contributed by atoms with van der Waals surface area (Å²) in [4.78, 5) is 0. The van der Waals surface area contributed by atoms with Gasteiger partial charge in [-0.1, -0.05) is 26.0 Å². The second-order valence-electron chi connectivity index (χ2n) is 2.59. The SMILES string of the molecule is CC1C=CC(O)C1C. The van der Waals surface area contributed by atoms with Crippen LogP contribution in [0.5, 0.6) is 0 Å². The zero-order valence-corrected chi connectivity index (χ0v) is 5.33. The van der Waals surface area contributed by atoms with Crippen molar-refractivity contribution in [3.05, 3.63) is 12.2 Å². The van der Waals surface area contributed by atoms with Gasteiger partial charge in [0.2, 0.25) is 0 Å². The Labute approximate surface area is 50.0 Å². The summed E-state index contributed by atoms with van der Waals surface area (Å²) in [5.74, 6) is 0.986. The fraction of sp³-hybridized carbons (Fsp3) is 0.714. The van der Waals surface area contributed by atoms with Gasteiger partial charge in [-0.25, -0.2) is 0 Å². The van der Waals surface area contributed by atoms with Crippen LogP contribution >= 0.6 is 0 Å². The Kier molecular flexibility index (Phi) is 1.39. The molecule has 0 aromatic rings. The number of allylic oxidation sites excluding steroid dienone is 1. The first-order chi connectivity index (χ1) is 3.72.